The highest BCUT2D eigenvalue weighted by molar-refractivity contribution is 7.98. The van der Waals surface area contributed by atoms with Crippen molar-refractivity contribution in [2.24, 2.45) is 0 Å². The lowest BCUT2D eigenvalue weighted by molar-refractivity contribution is 0.624. The number of rotatable bonds is 3. The van der Waals surface area contributed by atoms with Crippen LogP contribution in [0.1, 0.15) is 12.0 Å². The monoisotopic (exact) mass is 351 g/mol. The summed E-state index contributed by atoms with van der Waals surface area (Å²) in [5.74, 6) is 7.44. The Labute approximate surface area is 147 Å². The fraction of sp³-hybridized carbons (Fsp3) is 0.167. The van der Waals surface area contributed by atoms with Gasteiger partial charge in [-0.1, -0.05) is 11.8 Å². The molecule has 124 valence electrons. The largest absolute Gasteiger partial charge is 0.345 e. The Balaban J connectivity index is 1.74. The first-order valence-electron chi connectivity index (χ1n) is 7.71. The van der Waals surface area contributed by atoms with E-state index >= 15 is 0 Å². The van der Waals surface area contributed by atoms with Gasteiger partial charge in [-0.2, -0.15) is 11.8 Å². The lowest BCUT2D eigenvalue weighted by Crippen LogP contribution is -1.89. The highest BCUT2D eigenvalue weighted by Gasteiger charge is 2.12. The molecule has 4 heterocycles. The number of hydrogen-bond donors (Lipinski definition) is 2. The number of halogens is 1. The zero-order valence-corrected chi connectivity index (χ0v) is 14.2. The highest BCUT2D eigenvalue weighted by atomic mass is 32.2. The molecule has 0 amide bonds. The molecule has 4 aromatic heterocycles. The predicted octanol–water partition coefficient (Wildman–Crippen LogP) is 3.74. The number of pyridine rings is 1. The van der Waals surface area contributed by atoms with Crippen molar-refractivity contribution in [2.45, 2.75) is 6.42 Å². The maximum absolute atomic E-state index is 13.5. The number of aromatic amines is 2. The van der Waals surface area contributed by atoms with Gasteiger partial charge in [0.05, 0.1) is 17.1 Å². The van der Waals surface area contributed by atoms with Crippen LogP contribution in [0.3, 0.4) is 0 Å². The summed E-state index contributed by atoms with van der Waals surface area (Å²) in [6.07, 6.45) is 9.42. The summed E-state index contributed by atoms with van der Waals surface area (Å²) >= 11 is 1.77. The Bertz CT molecular complexity index is 1120. The van der Waals surface area contributed by atoms with E-state index in [1.165, 1.54) is 12.3 Å². The number of H-pyrrole nitrogens is 2. The summed E-state index contributed by atoms with van der Waals surface area (Å²) in [5.41, 5.74) is 2.91. The van der Waals surface area contributed by atoms with Crippen molar-refractivity contribution in [3.8, 4) is 23.2 Å². The van der Waals surface area contributed by atoms with Gasteiger partial charge in [-0.15, -0.1) is 0 Å². The van der Waals surface area contributed by atoms with Crippen molar-refractivity contribution >= 4 is 33.8 Å². The van der Waals surface area contributed by atoms with E-state index in [4.69, 9.17) is 0 Å². The SMILES string of the molecule is CSCCC#Cc1c[nH]c2nc(-c3c[nH]c4ncc(F)cc34)ncc12. The summed E-state index contributed by atoms with van der Waals surface area (Å²) in [6.45, 7) is 0. The van der Waals surface area contributed by atoms with Crippen LogP contribution in [0.5, 0.6) is 0 Å². The van der Waals surface area contributed by atoms with E-state index in [1.807, 2.05) is 6.20 Å². The molecule has 0 aliphatic rings. The zero-order valence-electron chi connectivity index (χ0n) is 13.4. The van der Waals surface area contributed by atoms with Crippen LogP contribution in [-0.2, 0) is 0 Å². The molecule has 25 heavy (non-hydrogen) atoms. The van der Waals surface area contributed by atoms with Crippen LogP contribution in [-0.4, -0.2) is 36.9 Å². The minimum absolute atomic E-state index is 0.392. The van der Waals surface area contributed by atoms with E-state index in [0.29, 0.717) is 28.1 Å². The number of nitrogens with one attached hydrogen (secondary N) is 2. The van der Waals surface area contributed by atoms with E-state index in [-0.39, 0.29) is 0 Å². The third-order valence-corrected chi connectivity index (χ3v) is 4.44. The first-order chi connectivity index (χ1) is 12.3. The molecule has 0 aliphatic carbocycles. The maximum atomic E-state index is 13.5. The molecule has 0 aliphatic heterocycles. The first-order valence-corrected chi connectivity index (χ1v) is 9.10. The van der Waals surface area contributed by atoms with Crippen LogP contribution in [0, 0.1) is 17.7 Å². The van der Waals surface area contributed by atoms with Crippen LogP contribution in [0.4, 0.5) is 4.39 Å². The van der Waals surface area contributed by atoms with Crippen molar-refractivity contribution in [1.82, 2.24) is 24.9 Å². The van der Waals surface area contributed by atoms with Gasteiger partial charge in [0.2, 0.25) is 0 Å². The third-order valence-electron chi connectivity index (χ3n) is 3.83. The van der Waals surface area contributed by atoms with Gasteiger partial charge in [0.15, 0.2) is 5.82 Å². The third kappa shape index (κ3) is 2.96. The van der Waals surface area contributed by atoms with Crippen molar-refractivity contribution in [2.75, 3.05) is 12.0 Å². The standard InChI is InChI=1S/C18H14FN5S/c1-25-5-3-2-4-11-7-20-17-14(11)9-23-18(24-17)15-10-22-16-13(15)6-12(19)8-21-16/h6-10H,3,5H2,1H3,(H,21,22)(H,20,23,24). The van der Waals surface area contributed by atoms with Crippen molar-refractivity contribution in [3.05, 3.63) is 42.2 Å². The fourth-order valence-electron chi connectivity index (χ4n) is 2.61. The molecule has 0 fully saturated rings. The average Bonchev–Trinajstić information content (AvgIpc) is 3.22. The molecule has 0 bridgehead atoms. The summed E-state index contributed by atoms with van der Waals surface area (Å²) in [5, 5.41) is 1.53. The van der Waals surface area contributed by atoms with E-state index in [9.17, 15) is 4.39 Å². The number of nitrogens with zero attached hydrogens (tertiary/aromatic N) is 3. The molecular formula is C18H14FN5S. The molecule has 4 aromatic rings. The second kappa shape index (κ2) is 6.57. The Kier molecular flexibility index (Phi) is 4.12. The van der Waals surface area contributed by atoms with Gasteiger partial charge in [-0.3, -0.25) is 0 Å². The molecule has 0 atom stereocenters. The highest BCUT2D eigenvalue weighted by Crippen LogP contribution is 2.27. The number of hydrogen-bond acceptors (Lipinski definition) is 4. The molecule has 2 N–H and O–H groups in total. The Morgan fingerprint density at radius 2 is 2.00 bits per heavy atom. The van der Waals surface area contributed by atoms with E-state index in [2.05, 4.69) is 43.0 Å². The van der Waals surface area contributed by atoms with Crippen molar-refractivity contribution < 1.29 is 4.39 Å². The summed E-state index contributed by atoms with van der Waals surface area (Å²) < 4.78 is 13.5. The van der Waals surface area contributed by atoms with Crippen LogP contribution < -0.4 is 0 Å². The fourth-order valence-corrected chi connectivity index (χ4v) is 2.92. The molecule has 0 radical (unpaired) electrons. The molecule has 7 heteroatoms. The van der Waals surface area contributed by atoms with Crippen LogP contribution in [0.2, 0.25) is 0 Å². The molecule has 0 unspecified atom stereocenters. The zero-order chi connectivity index (χ0) is 17.2. The topological polar surface area (TPSA) is 70.2 Å². The Hall–Kier alpha value is -2.85. The quantitative estimate of drug-likeness (QED) is 0.436. The molecule has 4 rings (SSSR count). The average molecular weight is 351 g/mol. The van der Waals surface area contributed by atoms with Gasteiger partial charge >= 0.3 is 0 Å². The van der Waals surface area contributed by atoms with E-state index < -0.39 is 5.82 Å². The van der Waals surface area contributed by atoms with Crippen LogP contribution >= 0.6 is 11.8 Å². The van der Waals surface area contributed by atoms with Crippen LogP contribution in [0.15, 0.2) is 30.9 Å². The van der Waals surface area contributed by atoms with Gasteiger partial charge in [0.1, 0.15) is 17.1 Å². The van der Waals surface area contributed by atoms with Gasteiger partial charge in [-0.05, 0) is 12.3 Å². The van der Waals surface area contributed by atoms with Crippen molar-refractivity contribution in [3.63, 3.8) is 0 Å². The second-order valence-corrected chi connectivity index (χ2v) is 6.44. The number of thioether (sulfide) groups is 1. The lowest BCUT2D eigenvalue weighted by Gasteiger charge is -1.98. The summed E-state index contributed by atoms with van der Waals surface area (Å²) in [6, 6.07) is 1.43. The van der Waals surface area contributed by atoms with E-state index in [0.717, 1.165) is 23.1 Å². The minimum Gasteiger partial charge on any atom is -0.345 e. The molecular weight excluding hydrogens is 337 g/mol. The predicted molar refractivity (Wildman–Crippen MR) is 98.8 cm³/mol. The first kappa shape index (κ1) is 15.7. The second-order valence-electron chi connectivity index (χ2n) is 5.45. The molecule has 0 saturated heterocycles. The maximum Gasteiger partial charge on any atom is 0.163 e. The number of fused-ring (bicyclic) bond motifs is 2. The normalized spacial score (nSPS) is 11.0. The van der Waals surface area contributed by atoms with Gasteiger partial charge in [0.25, 0.3) is 0 Å². The Morgan fingerprint density at radius 1 is 1.12 bits per heavy atom. The summed E-state index contributed by atoms with van der Waals surface area (Å²) in [4.78, 5) is 19.2. The van der Waals surface area contributed by atoms with E-state index in [1.54, 1.807) is 24.2 Å². The smallest absolute Gasteiger partial charge is 0.163 e. The Morgan fingerprint density at radius 3 is 2.88 bits per heavy atom. The summed E-state index contributed by atoms with van der Waals surface area (Å²) in [7, 11) is 0. The van der Waals surface area contributed by atoms with Crippen molar-refractivity contribution in [1.29, 1.82) is 0 Å². The number of aromatic nitrogens is 5. The molecule has 0 aromatic carbocycles. The van der Waals surface area contributed by atoms with Gasteiger partial charge in [0, 0.05) is 41.7 Å². The minimum atomic E-state index is -0.392. The molecule has 0 saturated carbocycles. The molecule has 0 spiro atoms. The van der Waals surface area contributed by atoms with Crippen LogP contribution in [0.25, 0.3) is 33.5 Å². The molecule has 5 nitrogen and oxygen atoms in total. The lowest BCUT2D eigenvalue weighted by atomic mass is 10.2. The van der Waals surface area contributed by atoms with Gasteiger partial charge in [-0.25, -0.2) is 19.3 Å². The van der Waals surface area contributed by atoms with Gasteiger partial charge < -0.3 is 9.97 Å².